The lowest BCUT2D eigenvalue weighted by Gasteiger charge is -2.28. The number of hydrogen-bond donors (Lipinski definition) is 1. The van der Waals surface area contributed by atoms with Crippen molar-refractivity contribution in [3.8, 4) is 0 Å². The average molecular weight is 260 g/mol. The summed E-state index contributed by atoms with van der Waals surface area (Å²) in [5.74, 6) is -0.0149. The normalized spacial score (nSPS) is 16.9. The van der Waals surface area contributed by atoms with Crippen LogP contribution in [0, 0.1) is 0 Å². The minimum atomic E-state index is -0.571. The number of benzene rings is 1. The zero-order valence-corrected chi connectivity index (χ0v) is 11.2. The summed E-state index contributed by atoms with van der Waals surface area (Å²) in [7, 11) is 1.68. The summed E-state index contributed by atoms with van der Waals surface area (Å²) in [6, 6.07) is 8.92. The molecule has 0 fully saturated rings. The second-order valence-corrected chi connectivity index (χ2v) is 4.72. The second kappa shape index (κ2) is 6.50. The lowest BCUT2D eigenvalue weighted by molar-refractivity contribution is -0.132. The summed E-state index contributed by atoms with van der Waals surface area (Å²) in [5.41, 5.74) is 8.14. The van der Waals surface area contributed by atoms with Crippen LogP contribution in [-0.2, 0) is 9.53 Å². The molecular weight excluding hydrogens is 240 g/mol. The standard InChI is InChI=1S/C15H20N2O2/c1-19-11-12-7-9-17(10-8-12)15(18)14(16)13-5-3-2-4-6-13/h2-7,14H,8-11,16H2,1H3/t14-/m0/s1. The molecule has 1 amide bonds. The Morgan fingerprint density at radius 2 is 2.16 bits per heavy atom. The fourth-order valence-corrected chi connectivity index (χ4v) is 2.23. The van der Waals surface area contributed by atoms with E-state index in [2.05, 4.69) is 6.08 Å². The van der Waals surface area contributed by atoms with Crippen molar-refractivity contribution >= 4 is 5.91 Å². The maximum Gasteiger partial charge on any atom is 0.244 e. The van der Waals surface area contributed by atoms with Gasteiger partial charge in [0, 0.05) is 20.2 Å². The van der Waals surface area contributed by atoms with Gasteiger partial charge < -0.3 is 15.4 Å². The molecule has 0 spiro atoms. The van der Waals surface area contributed by atoms with Crippen molar-refractivity contribution < 1.29 is 9.53 Å². The Balaban J connectivity index is 1.98. The lowest BCUT2D eigenvalue weighted by atomic mass is 10.0. The molecule has 0 saturated heterocycles. The average Bonchev–Trinajstić information content (AvgIpc) is 2.48. The molecule has 1 atom stereocenters. The van der Waals surface area contributed by atoms with E-state index in [1.807, 2.05) is 30.3 Å². The van der Waals surface area contributed by atoms with E-state index in [0.29, 0.717) is 19.7 Å². The van der Waals surface area contributed by atoms with Crippen molar-refractivity contribution in [2.24, 2.45) is 5.73 Å². The highest BCUT2D eigenvalue weighted by Crippen LogP contribution is 2.17. The molecule has 4 heteroatoms. The van der Waals surface area contributed by atoms with Gasteiger partial charge in [0.2, 0.25) is 5.91 Å². The van der Waals surface area contributed by atoms with E-state index in [1.165, 1.54) is 5.57 Å². The van der Waals surface area contributed by atoms with Crippen LogP contribution >= 0.6 is 0 Å². The summed E-state index contributed by atoms with van der Waals surface area (Å²) in [6.07, 6.45) is 2.92. The lowest BCUT2D eigenvalue weighted by Crippen LogP contribution is -2.41. The Morgan fingerprint density at radius 1 is 1.42 bits per heavy atom. The molecule has 0 aliphatic carbocycles. The maximum absolute atomic E-state index is 12.3. The molecule has 2 N–H and O–H groups in total. The Bertz CT molecular complexity index is 456. The van der Waals surface area contributed by atoms with Crippen molar-refractivity contribution in [2.75, 3.05) is 26.8 Å². The first-order chi connectivity index (χ1) is 9.22. The molecule has 0 saturated carbocycles. The number of rotatable bonds is 4. The fourth-order valence-electron chi connectivity index (χ4n) is 2.23. The molecule has 2 rings (SSSR count). The Morgan fingerprint density at radius 3 is 2.74 bits per heavy atom. The number of amides is 1. The van der Waals surface area contributed by atoms with Crippen LogP contribution in [0.1, 0.15) is 18.0 Å². The highest BCUT2D eigenvalue weighted by atomic mass is 16.5. The molecule has 19 heavy (non-hydrogen) atoms. The van der Waals surface area contributed by atoms with E-state index in [0.717, 1.165) is 12.0 Å². The molecule has 1 heterocycles. The third-order valence-corrected chi connectivity index (χ3v) is 3.37. The minimum Gasteiger partial charge on any atom is -0.380 e. The van der Waals surface area contributed by atoms with Gasteiger partial charge in [0.25, 0.3) is 0 Å². The van der Waals surface area contributed by atoms with Gasteiger partial charge in [-0.15, -0.1) is 0 Å². The monoisotopic (exact) mass is 260 g/mol. The summed E-state index contributed by atoms with van der Waals surface area (Å²) in [6.45, 7) is 1.99. The van der Waals surface area contributed by atoms with Crippen LogP contribution in [0.5, 0.6) is 0 Å². The van der Waals surface area contributed by atoms with Gasteiger partial charge >= 0.3 is 0 Å². The smallest absolute Gasteiger partial charge is 0.244 e. The van der Waals surface area contributed by atoms with Crippen LogP contribution in [0.25, 0.3) is 0 Å². The van der Waals surface area contributed by atoms with E-state index in [9.17, 15) is 4.79 Å². The van der Waals surface area contributed by atoms with Crippen molar-refractivity contribution in [1.82, 2.24) is 4.90 Å². The van der Waals surface area contributed by atoms with Crippen LogP contribution in [0.2, 0.25) is 0 Å². The van der Waals surface area contributed by atoms with Gasteiger partial charge in [-0.2, -0.15) is 0 Å². The van der Waals surface area contributed by atoms with Crippen LogP contribution in [0.3, 0.4) is 0 Å². The van der Waals surface area contributed by atoms with Gasteiger partial charge in [0.05, 0.1) is 6.61 Å². The van der Waals surface area contributed by atoms with Gasteiger partial charge in [-0.05, 0) is 17.6 Å². The van der Waals surface area contributed by atoms with Crippen LogP contribution < -0.4 is 5.73 Å². The highest BCUT2D eigenvalue weighted by molar-refractivity contribution is 5.83. The third kappa shape index (κ3) is 3.43. The quantitative estimate of drug-likeness (QED) is 0.835. The Kier molecular flexibility index (Phi) is 4.71. The molecule has 0 radical (unpaired) electrons. The molecule has 1 aromatic rings. The van der Waals surface area contributed by atoms with Gasteiger partial charge in [-0.25, -0.2) is 0 Å². The zero-order chi connectivity index (χ0) is 13.7. The first-order valence-corrected chi connectivity index (χ1v) is 6.48. The number of nitrogens with zero attached hydrogens (tertiary/aromatic N) is 1. The van der Waals surface area contributed by atoms with E-state index < -0.39 is 6.04 Å². The molecule has 0 aromatic heterocycles. The van der Waals surface area contributed by atoms with Gasteiger partial charge in [-0.1, -0.05) is 36.4 Å². The number of nitrogens with two attached hydrogens (primary N) is 1. The summed E-state index contributed by atoms with van der Waals surface area (Å²) in [5, 5.41) is 0. The van der Waals surface area contributed by atoms with Crippen LogP contribution in [-0.4, -0.2) is 37.6 Å². The number of hydrogen-bond acceptors (Lipinski definition) is 3. The van der Waals surface area contributed by atoms with E-state index >= 15 is 0 Å². The molecule has 1 aromatic carbocycles. The first-order valence-electron chi connectivity index (χ1n) is 6.48. The topological polar surface area (TPSA) is 55.6 Å². The second-order valence-electron chi connectivity index (χ2n) is 4.72. The SMILES string of the molecule is COCC1=CCN(C(=O)[C@@H](N)c2ccccc2)CC1. The molecular formula is C15H20N2O2. The van der Waals surface area contributed by atoms with E-state index in [4.69, 9.17) is 10.5 Å². The maximum atomic E-state index is 12.3. The molecule has 102 valence electrons. The Hall–Kier alpha value is -1.65. The number of carbonyl (C=O) groups excluding carboxylic acids is 1. The molecule has 1 aliphatic heterocycles. The van der Waals surface area contributed by atoms with Gasteiger partial charge in [0.15, 0.2) is 0 Å². The molecule has 0 unspecified atom stereocenters. The number of carbonyl (C=O) groups is 1. The molecule has 0 bridgehead atoms. The first kappa shape index (κ1) is 13.8. The van der Waals surface area contributed by atoms with Crippen molar-refractivity contribution in [2.45, 2.75) is 12.5 Å². The van der Waals surface area contributed by atoms with Crippen molar-refractivity contribution in [3.63, 3.8) is 0 Å². The molecule has 1 aliphatic rings. The summed E-state index contributed by atoms with van der Waals surface area (Å²) >= 11 is 0. The predicted molar refractivity (Wildman–Crippen MR) is 74.5 cm³/mol. The van der Waals surface area contributed by atoms with Gasteiger partial charge in [-0.3, -0.25) is 4.79 Å². The van der Waals surface area contributed by atoms with Gasteiger partial charge in [0.1, 0.15) is 6.04 Å². The fraction of sp³-hybridized carbons (Fsp3) is 0.400. The van der Waals surface area contributed by atoms with Crippen molar-refractivity contribution in [3.05, 3.63) is 47.5 Å². The summed E-state index contributed by atoms with van der Waals surface area (Å²) in [4.78, 5) is 14.1. The van der Waals surface area contributed by atoms with E-state index in [1.54, 1.807) is 12.0 Å². The van der Waals surface area contributed by atoms with Crippen molar-refractivity contribution in [1.29, 1.82) is 0 Å². The number of methoxy groups -OCH3 is 1. The zero-order valence-electron chi connectivity index (χ0n) is 11.2. The third-order valence-electron chi connectivity index (χ3n) is 3.37. The largest absolute Gasteiger partial charge is 0.380 e. The van der Waals surface area contributed by atoms with Crippen LogP contribution in [0.4, 0.5) is 0 Å². The Labute approximate surface area is 113 Å². The molecule has 4 nitrogen and oxygen atoms in total. The predicted octanol–water partition coefficient (Wildman–Crippen LogP) is 1.49. The summed E-state index contributed by atoms with van der Waals surface area (Å²) < 4.78 is 5.10. The van der Waals surface area contributed by atoms with Crippen LogP contribution in [0.15, 0.2) is 42.0 Å². The van der Waals surface area contributed by atoms with E-state index in [-0.39, 0.29) is 5.91 Å². The number of ether oxygens (including phenoxy) is 1. The minimum absolute atomic E-state index is 0.0149. The highest BCUT2D eigenvalue weighted by Gasteiger charge is 2.23.